The minimum atomic E-state index is -0.228. The van der Waals surface area contributed by atoms with Crippen molar-refractivity contribution in [2.75, 3.05) is 10.6 Å². The molecule has 3 rings (SSSR count). The van der Waals surface area contributed by atoms with Gasteiger partial charge in [0.25, 0.3) is 0 Å². The molecule has 1 saturated carbocycles. The lowest BCUT2D eigenvalue weighted by Crippen LogP contribution is -2.16. The minimum Gasteiger partial charge on any atom is -0.352 e. The maximum atomic E-state index is 13.2. The first-order chi connectivity index (χ1) is 11.0. The molecule has 1 aliphatic rings. The van der Waals surface area contributed by atoms with Gasteiger partial charge < -0.3 is 10.6 Å². The summed E-state index contributed by atoms with van der Waals surface area (Å²) in [5, 5.41) is 6.64. The molecule has 122 valence electrons. The molecule has 5 heteroatoms. The Morgan fingerprint density at radius 3 is 2.70 bits per heavy atom. The van der Waals surface area contributed by atoms with E-state index in [-0.39, 0.29) is 5.82 Å². The van der Waals surface area contributed by atoms with Crippen molar-refractivity contribution in [3.8, 4) is 0 Å². The van der Waals surface area contributed by atoms with Gasteiger partial charge >= 0.3 is 0 Å². The van der Waals surface area contributed by atoms with Crippen LogP contribution in [0.5, 0.6) is 0 Å². The lowest BCUT2D eigenvalue weighted by Gasteiger charge is -2.15. The van der Waals surface area contributed by atoms with E-state index in [1.54, 1.807) is 6.07 Å². The predicted molar refractivity (Wildman–Crippen MR) is 91.8 cm³/mol. The second-order valence-corrected chi connectivity index (χ2v) is 6.31. The van der Waals surface area contributed by atoms with Gasteiger partial charge in [-0.3, -0.25) is 0 Å². The zero-order valence-corrected chi connectivity index (χ0v) is 13.9. The van der Waals surface area contributed by atoms with Crippen molar-refractivity contribution in [3.63, 3.8) is 0 Å². The van der Waals surface area contributed by atoms with E-state index in [9.17, 15) is 4.39 Å². The Balaban J connectivity index is 1.87. The van der Waals surface area contributed by atoms with E-state index in [2.05, 4.69) is 34.4 Å². The second-order valence-electron chi connectivity index (χ2n) is 6.31. The van der Waals surface area contributed by atoms with Gasteiger partial charge in [0.15, 0.2) is 0 Å². The van der Waals surface area contributed by atoms with Gasteiger partial charge in [-0.15, -0.1) is 0 Å². The molecule has 0 spiro atoms. The van der Waals surface area contributed by atoms with Gasteiger partial charge in [-0.05, 0) is 56.9 Å². The van der Waals surface area contributed by atoms with Crippen molar-refractivity contribution in [2.24, 2.45) is 0 Å². The van der Waals surface area contributed by atoms with E-state index in [0.29, 0.717) is 17.9 Å². The Morgan fingerprint density at radius 1 is 1.26 bits per heavy atom. The summed E-state index contributed by atoms with van der Waals surface area (Å²) in [5.41, 5.74) is 2.79. The van der Waals surface area contributed by atoms with Crippen LogP contribution >= 0.6 is 0 Å². The zero-order chi connectivity index (χ0) is 16.4. The van der Waals surface area contributed by atoms with E-state index in [1.165, 1.54) is 25.0 Å². The van der Waals surface area contributed by atoms with Gasteiger partial charge in [-0.2, -0.15) is 4.98 Å². The highest BCUT2D eigenvalue weighted by Crippen LogP contribution is 2.40. The normalized spacial score (nSPS) is 15.3. The highest BCUT2D eigenvalue weighted by Gasteiger charge is 2.26. The lowest BCUT2D eigenvalue weighted by atomic mass is 10.2. The van der Waals surface area contributed by atoms with E-state index >= 15 is 0 Å². The van der Waals surface area contributed by atoms with Crippen LogP contribution in [0.4, 0.5) is 21.8 Å². The van der Waals surface area contributed by atoms with E-state index in [0.717, 1.165) is 29.2 Å². The Hall–Kier alpha value is -2.17. The van der Waals surface area contributed by atoms with Gasteiger partial charge in [0.05, 0.1) is 5.69 Å². The van der Waals surface area contributed by atoms with Crippen LogP contribution in [-0.4, -0.2) is 16.0 Å². The molecular weight excluding hydrogens is 291 g/mol. The fraction of sp³-hybridized carbons (Fsp3) is 0.444. The van der Waals surface area contributed by atoms with Gasteiger partial charge in [0.1, 0.15) is 11.6 Å². The van der Waals surface area contributed by atoms with Crippen LogP contribution < -0.4 is 10.6 Å². The van der Waals surface area contributed by atoms with E-state index in [1.807, 2.05) is 13.0 Å². The monoisotopic (exact) mass is 314 g/mol. The third-order valence-electron chi connectivity index (χ3n) is 4.18. The number of halogens is 1. The number of anilines is 3. The average Bonchev–Trinajstić information content (AvgIpc) is 3.34. The Labute approximate surface area is 136 Å². The quantitative estimate of drug-likeness (QED) is 0.807. The van der Waals surface area contributed by atoms with Gasteiger partial charge in [-0.25, -0.2) is 9.37 Å². The van der Waals surface area contributed by atoms with Crippen molar-refractivity contribution in [1.29, 1.82) is 0 Å². The highest BCUT2D eigenvalue weighted by molar-refractivity contribution is 5.61. The van der Waals surface area contributed by atoms with Crippen LogP contribution in [0.2, 0.25) is 0 Å². The number of hydrogen-bond acceptors (Lipinski definition) is 4. The van der Waals surface area contributed by atoms with Gasteiger partial charge in [0.2, 0.25) is 5.95 Å². The van der Waals surface area contributed by atoms with E-state index in [4.69, 9.17) is 0 Å². The molecule has 1 aromatic carbocycles. The minimum absolute atomic E-state index is 0.228. The molecule has 0 radical (unpaired) electrons. The van der Waals surface area contributed by atoms with Crippen molar-refractivity contribution < 1.29 is 4.39 Å². The Bertz CT molecular complexity index is 697. The number of nitrogens with zero attached hydrogens (tertiary/aromatic N) is 2. The second kappa shape index (κ2) is 6.52. The predicted octanol–water partition coefficient (Wildman–Crippen LogP) is 4.76. The Kier molecular flexibility index (Phi) is 4.46. The summed E-state index contributed by atoms with van der Waals surface area (Å²) >= 11 is 0. The highest BCUT2D eigenvalue weighted by atomic mass is 19.1. The molecule has 2 aromatic rings. The topological polar surface area (TPSA) is 49.8 Å². The summed E-state index contributed by atoms with van der Waals surface area (Å²) in [7, 11) is 0. The maximum Gasteiger partial charge on any atom is 0.225 e. The molecule has 0 unspecified atom stereocenters. The maximum absolute atomic E-state index is 13.2. The van der Waals surface area contributed by atoms with Crippen LogP contribution in [0, 0.1) is 12.7 Å². The standard InChI is InChI=1S/C18H23FN4/c1-4-12(3)20-18-22-16(13-5-6-13)10-17(23-18)21-15-8-7-14(19)9-11(15)2/h7-10,12-13H,4-6H2,1-3H3,(H2,20,21,22,23)/t12-/m0/s1. The van der Waals surface area contributed by atoms with Crippen molar-refractivity contribution >= 4 is 17.5 Å². The first-order valence-electron chi connectivity index (χ1n) is 8.24. The molecule has 0 aliphatic heterocycles. The van der Waals surface area contributed by atoms with Crippen molar-refractivity contribution in [2.45, 2.75) is 52.0 Å². The summed E-state index contributed by atoms with van der Waals surface area (Å²) in [4.78, 5) is 9.20. The van der Waals surface area contributed by atoms with Crippen molar-refractivity contribution in [3.05, 3.63) is 41.3 Å². The first kappa shape index (κ1) is 15.7. The zero-order valence-electron chi connectivity index (χ0n) is 13.9. The molecule has 1 aliphatic carbocycles. The van der Waals surface area contributed by atoms with Gasteiger partial charge in [-0.1, -0.05) is 6.92 Å². The summed E-state index contributed by atoms with van der Waals surface area (Å²) in [6, 6.07) is 7.04. The van der Waals surface area contributed by atoms with E-state index < -0.39 is 0 Å². The Morgan fingerprint density at radius 2 is 2.04 bits per heavy atom. The largest absolute Gasteiger partial charge is 0.352 e. The molecule has 1 fully saturated rings. The smallest absolute Gasteiger partial charge is 0.225 e. The number of hydrogen-bond donors (Lipinski definition) is 2. The summed E-state index contributed by atoms with van der Waals surface area (Å²) < 4.78 is 13.2. The number of aryl methyl sites for hydroxylation is 1. The third-order valence-corrected chi connectivity index (χ3v) is 4.18. The fourth-order valence-electron chi connectivity index (χ4n) is 2.41. The molecule has 1 atom stereocenters. The summed E-state index contributed by atoms with van der Waals surface area (Å²) in [6.07, 6.45) is 3.39. The van der Waals surface area contributed by atoms with Crippen LogP contribution in [0.15, 0.2) is 24.3 Å². The number of aromatic nitrogens is 2. The van der Waals surface area contributed by atoms with Crippen LogP contribution in [0.25, 0.3) is 0 Å². The van der Waals surface area contributed by atoms with Crippen LogP contribution in [-0.2, 0) is 0 Å². The number of benzene rings is 1. The molecule has 2 N–H and O–H groups in total. The third kappa shape index (κ3) is 3.97. The van der Waals surface area contributed by atoms with Crippen molar-refractivity contribution in [1.82, 2.24) is 9.97 Å². The molecule has 4 nitrogen and oxygen atoms in total. The summed E-state index contributed by atoms with van der Waals surface area (Å²) in [5.74, 6) is 1.73. The van der Waals surface area contributed by atoms with Crippen LogP contribution in [0.3, 0.4) is 0 Å². The molecule has 1 aromatic heterocycles. The van der Waals surface area contributed by atoms with Gasteiger partial charge in [0, 0.05) is 23.7 Å². The molecule has 0 amide bonds. The number of nitrogens with one attached hydrogen (secondary N) is 2. The van der Waals surface area contributed by atoms with Crippen LogP contribution in [0.1, 0.15) is 50.3 Å². The first-order valence-corrected chi connectivity index (χ1v) is 8.24. The number of rotatable bonds is 6. The summed E-state index contributed by atoms with van der Waals surface area (Å²) in [6.45, 7) is 6.13. The molecule has 23 heavy (non-hydrogen) atoms. The molecule has 0 saturated heterocycles. The average molecular weight is 314 g/mol. The lowest BCUT2D eigenvalue weighted by molar-refractivity contribution is 0.627. The fourth-order valence-corrected chi connectivity index (χ4v) is 2.41. The molecule has 0 bridgehead atoms. The molecular formula is C18H23FN4. The molecule has 1 heterocycles. The SMILES string of the molecule is CC[C@H](C)Nc1nc(Nc2ccc(F)cc2C)cc(C2CC2)n1.